The van der Waals surface area contributed by atoms with Crippen LogP contribution in [0.1, 0.15) is 42.5 Å². The first-order chi connectivity index (χ1) is 15.9. The summed E-state index contributed by atoms with van der Waals surface area (Å²) >= 11 is 2.18. The van der Waals surface area contributed by atoms with E-state index in [4.69, 9.17) is 5.73 Å². The first kappa shape index (κ1) is 23.7. The zero-order chi connectivity index (χ0) is 23.4. The molecular formula is C23H30IN7O2. The highest BCUT2D eigenvalue weighted by Gasteiger charge is 2.32. The third-order valence-corrected chi connectivity index (χ3v) is 7.19. The molecule has 2 amide bonds. The van der Waals surface area contributed by atoms with Gasteiger partial charge >= 0.3 is 0 Å². The fourth-order valence-corrected chi connectivity index (χ4v) is 4.85. The first-order valence-corrected chi connectivity index (χ1v) is 12.4. The Balaban J connectivity index is 1.37. The largest absolute Gasteiger partial charge is 0.369 e. The van der Waals surface area contributed by atoms with Crippen LogP contribution in [0.5, 0.6) is 0 Å². The van der Waals surface area contributed by atoms with Gasteiger partial charge in [0.15, 0.2) is 0 Å². The van der Waals surface area contributed by atoms with Crippen LogP contribution in [0, 0.1) is 9.49 Å². The van der Waals surface area contributed by atoms with Gasteiger partial charge in [0.1, 0.15) is 5.82 Å². The van der Waals surface area contributed by atoms with E-state index in [9.17, 15) is 9.59 Å². The number of halogens is 1. The van der Waals surface area contributed by atoms with Crippen molar-refractivity contribution in [3.05, 3.63) is 39.6 Å². The Bertz CT molecular complexity index is 993. The van der Waals surface area contributed by atoms with Crippen molar-refractivity contribution in [1.82, 2.24) is 20.2 Å². The van der Waals surface area contributed by atoms with E-state index >= 15 is 0 Å². The smallest absolute Gasteiger partial charge is 0.251 e. The molecule has 176 valence electrons. The molecule has 2 aromatic rings. The molecule has 4 rings (SSSR count). The highest BCUT2D eigenvalue weighted by Crippen LogP contribution is 2.29. The number of hydrogen-bond acceptors (Lipinski definition) is 7. The van der Waals surface area contributed by atoms with E-state index in [2.05, 4.69) is 60.5 Å². The molecule has 0 spiro atoms. The Kier molecular flexibility index (Phi) is 7.63. The molecule has 2 heterocycles. The van der Waals surface area contributed by atoms with Gasteiger partial charge in [0.05, 0.1) is 9.49 Å². The molecule has 33 heavy (non-hydrogen) atoms. The minimum absolute atomic E-state index is 0.0128. The molecule has 2 fully saturated rings. The molecule has 0 bridgehead atoms. The zero-order valence-corrected chi connectivity index (χ0v) is 20.8. The minimum Gasteiger partial charge on any atom is -0.369 e. The third-order valence-electron chi connectivity index (χ3n) is 6.40. The first-order valence-electron chi connectivity index (χ1n) is 11.3. The Morgan fingerprint density at radius 1 is 1.12 bits per heavy atom. The number of nitrogens with two attached hydrogens (primary N) is 1. The van der Waals surface area contributed by atoms with Gasteiger partial charge in [0.25, 0.3) is 5.91 Å². The van der Waals surface area contributed by atoms with Crippen molar-refractivity contribution in [3.8, 4) is 0 Å². The lowest BCUT2D eigenvalue weighted by Crippen LogP contribution is -2.43. The van der Waals surface area contributed by atoms with Crippen molar-refractivity contribution in [3.63, 3.8) is 0 Å². The van der Waals surface area contributed by atoms with E-state index in [-0.39, 0.29) is 29.8 Å². The Morgan fingerprint density at radius 2 is 1.85 bits per heavy atom. The number of benzene rings is 1. The summed E-state index contributed by atoms with van der Waals surface area (Å²) in [6, 6.07) is 7.51. The maximum Gasteiger partial charge on any atom is 0.251 e. The van der Waals surface area contributed by atoms with Gasteiger partial charge in [-0.25, -0.2) is 4.98 Å². The van der Waals surface area contributed by atoms with Crippen LogP contribution in [0.3, 0.4) is 0 Å². The van der Waals surface area contributed by atoms with E-state index < -0.39 is 0 Å². The van der Waals surface area contributed by atoms with Crippen LogP contribution >= 0.6 is 22.6 Å². The van der Waals surface area contributed by atoms with Gasteiger partial charge in [-0.3, -0.25) is 9.59 Å². The standard InChI is InChI=1S/C23H30IN7O2/c1-31-11-9-16(10-12-31)27-22(33)14-5-7-15(8-6-14)28-23-26-13-18(24)21(30-23)29-19-4-2-3-17(19)20(25)32/h5-8,13,16-17,19H,2-4,9-12H2,1H3,(H2,25,32)(H,27,33)(H2,26,28,29,30)/t17-,19+/m0/s1. The summed E-state index contributed by atoms with van der Waals surface area (Å²) < 4.78 is 0.870. The molecule has 1 aromatic carbocycles. The summed E-state index contributed by atoms with van der Waals surface area (Å²) in [5, 5.41) is 9.70. The Labute approximate surface area is 207 Å². The van der Waals surface area contributed by atoms with Gasteiger partial charge in [-0.05, 0) is 92.7 Å². The van der Waals surface area contributed by atoms with Gasteiger partial charge in [0.2, 0.25) is 11.9 Å². The summed E-state index contributed by atoms with van der Waals surface area (Å²) in [6.07, 6.45) is 6.34. The molecule has 2 atom stereocenters. The van der Waals surface area contributed by atoms with Gasteiger partial charge in [0, 0.05) is 29.5 Å². The number of likely N-dealkylation sites (tertiary alicyclic amines) is 1. The topological polar surface area (TPSA) is 125 Å². The summed E-state index contributed by atoms with van der Waals surface area (Å²) in [6.45, 7) is 2.01. The number of rotatable bonds is 7. The van der Waals surface area contributed by atoms with Crippen molar-refractivity contribution in [1.29, 1.82) is 0 Å². The second kappa shape index (κ2) is 10.6. The van der Waals surface area contributed by atoms with Crippen LogP contribution in [0.15, 0.2) is 30.5 Å². The normalized spacial score (nSPS) is 21.5. The van der Waals surface area contributed by atoms with Crippen molar-refractivity contribution < 1.29 is 9.59 Å². The fourth-order valence-electron chi connectivity index (χ4n) is 4.43. The summed E-state index contributed by atoms with van der Waals surface area (Å²) in [7, 11) is 2.10. The maximum absolute atomic E-state index is 12.6. The van der Waals surface area contributed by atoms with Gasteiger partial charge < -0.3 is 26.6 Å². The number of piperidine rings is 1. The number of nitrogens with one attached hydrogen (secondary N) is 3. The minimum atomic E-state index is -0.271. The molecule has 1 saturated heterocycles. The predicted octanol–water partition coefficient (Wildman–Crippen LogP) is 2.71. The van der Waals surface area contributed by atoms with Crippen LogP contribution in [-0.4, -0.2) is 58.9 Å². The molecule has 10 heteroatoms. The quantitative estimate of drug-likeness (QED) is 0.382. The van der Waals surface area contributed by atoms with Crippen LogP contribution in [0.2, 0.25) is 0 Å². The van der Waals surface area contributed by atoms with Crippen LogP contribution in [0.4, 0.5) is 17.5 Å². The van der Waals surface area contributed by atoms with Crippen molar-refractivity contribution >= 4 is 51.9 Å². The molecule has 1 aliphatic carbocycles. The molecule has 0 unspecified atom stereocenters. The SMILES string of the molecule is CN1CCC(NC(=O)c2ccc(Nc3ncc(I)c(N[C@@H]4CCC[C@@H]4C(N)=O)n3)cc2)CC1. The average Bonchev–Trinajstić information content (AvgIpc) is 3.27. The summed E-state index contributed by atoms with van der Waals surface area (Å²) in [4.78, 5) is 35.5. The Morgan fingerprint density at radius 3 is 2.55 bits per heavy atom. The van der Waals surface area contributed by atoms with Crippen LogP contribution in [-0.2, 0) is 4.79 Å². The lowest BCUT2D eigenvalue weighted by Gasteiger charge is -2.29. The number of amides is 2. The van der Waals surface area contributed by atoms with E-state index in [1.165, 1.54) is 0 Å². The number of aromatic nitrogens is 2. The number of carbonyl (C=O) groups is 2. The maximum atomic E-state index is 12.6. The highest BCUT2D eigenvalue weighted by molar-refractivity contribution is 14.1. The number of carbonyl (C=O) groups excluding carboxylic acids is 2. The average molecular weight is 563 g/mol. The monoisotopic (exact) mass is 563 g/mol. The lowest BCUT2D eigenvalue weighted by molar-refractivity contribution is -0.121. The van der Waals surface area contributed by atoms with Crippen LogP contribution in [0.25, 0.3) is 0 Å². The molecule has 1 aliphatic heterocycles. The lowest BCUT2D eigenvalue weighted by atomic mass is 10.0. The van der Waals surface area contributed by atoms with Gasteiger partial charge in [-0.15, -0.1) is 0 Å². The van der Waals surface area contributed by atoms with E-state index in [0.717, 1.165) is 54.5 Å². The second-order valence-corrected chi connectivity index (χ2v) is 10.00. The number of nitrogens with zero attached hydrogens (tertiary/aromatic N) is 3. The van der Waals surface area contributed by atoms with Crippen molar-refractivity contribution in [2.75, 3.05) is 30.8 Å². The predicted molar refractivity (Wildman–Crippen MR) is 136 cm³/mol. The molecule has 5 N–H and O–H groups in total. The third kappa shape index (κ3) is 6.11. The number of anilines is 3. The van der Waals surface area contributed by atoms with E-state index in [1.54, 1.807) is 18.3 Å². The summed E-state index contributed by atoms with van der Waals surface area (Å²) in [5.74, 6) is 0.622. The van der Waals surface area contributed by atoms with Crippen molar-refractivity contribution in [2.24, 2.45) is 11.7 Å². The number of primary amides is 1. The van der Waals surface area contributed by atoms with Crippen molar-refractivity contribution in [2.45, 2.75) is 44.2 Å². The highest BCUT2D eigenvalue weighted by atomic mass is 127. The summed E-state index contributed by atoms with van der Waals surface area (Å²) in [5.41, 5.74) is 6.96. The molecule has 9 nitrogen and oxygen atoms in total. The van der Waals surface area contributed by atoms with Gasteiger partial charge in [-0.1, -0.05) is 6.42 Å². The van der Waals surface area contributed by atoms with E-state index in [1.807, 2.05) is 12.1 Å². The van der Waals surface area contributed by atoms with E-state index in [0.29, 0.717) is 17.3 Å². The van der Waals surface area contributed by atoms with Gasteiger partial charge in [-0.2, -0.15) is 4.98 Å². The molecule has 0 radical (unpaired) electrons. The Hall–Kier alpha value is -2.47. The zero-order valence-electron chi connectivity index (χ0n) is 18.7. The molecule has 1 saturated carbocycles. The number of hydrogen-bond donors (Lipinski definition) is 4. The fraction of sp³-hybridized carbons (Fsp3) is 0.478. The molecular weight excluding hydrogens is 533 g/mol. The molecule has 1 aromatic heterocycles. The second-order valence-electron chi connectivity index (χ2n) is 8.83. The van der Waals surface area contributed by atoms with Crippen LogP contribution < -0.4 is 21.7 Å². The molecule has 2 aliphatic rings.